The molecule has 3 saturated heterocycles. The molecule has 0 N–H and O–H groups in total. The predicted octanol–water partition coefficient (Wildman–Crippen LogP) is 1.36. The summed E-state index contributed by atoms with van der Waals surface area (Å²) >= 11 is 0. The van der Waals surface area contributed by atoms with Gasteiger partial charge in [-0.3, -0.25) is 9.69 Å². The second kappa shape index (κ2) is 3.56. The number of ketones is 1. The van der Waals surface area contributed by atoms with Gasteiger partial charge in [0.25, 0.3) is 0 Å². The molecule has 3 nitrogen and oxygen atoms in total. The van der Waals surface area contributed by atoms with Crippen LogP contribution in [0.4, 0.5) is 0 Å². The minimum absolute atomic E-state index is 0.362. The molecule has 4 unspecified atom stereocenters. The SMILES string of the molecule is CC1OCCC1N1C2CCC1CC(=O)C2. The lowest BCUT2D eigenvalue weighted by molar-refractivity contribution is -0.124. The first kappa shape index (κ1) is 9.79. The molecule has 0 aromatic rings. The first-order valence-electron chi connectivity index (χ1n) is 6.16. The molecule has 4 atom stereocenters. The van der Waals surface area contributed by atoms with E-state index in [-0.39, 0.29) is 0 Å². The molecule has 0 aromatic heterocycles. The molecule has 0 spiro atoms. The zero-order valence-corrected chi connectivity index (χ0v) is 9.32. The lowest BCUT2D eigenvalue weighted by Gasteiger charge is -2.39. The van der Waals surface area contributed by atoms with Gasteiger partial charge in [-0.1, -0.05) is 0 Å². The van der Waals surface area contributed by atoms with Gasteiger partial charge in [0.15, 0.2) is 0 Å². The van der Waals surface area contributed by atoms with E-state index >= 15 is 0 Å². The summed E-state index contributed by atoms with van der Waals surface area (Å²) in [5, 5.41) is 0. The van der Waals surface area contributed by atoms with Crippen molar-refractivity contribution >= 4 is 5.78 Å². The van der Waals surface area contributed by atoms with Crippen molar-refractivity contribution in [3.05, 3.63) is 0 Å². The Hall–Kier alpha value is -0.410. The zero-order chi connectivity index (χ0) is 10.4. The zero-order valence-electron chi connectivity index (χ0n) is 9.32. The van der Waals surface area contributed by atoms with Crippen molar-refractivity contribution < 1.29 is 9.53 Å². The van der Waals surface area contributed by atoms with E-state index in [0.717, 1.165) is 25.9 Å². The summed E-state index contributed by atoms with van der Waals surface area (Å²) in [7, 11) is 0. The molecule has 3 aliphatic rings. The summed E-state index contributed by atoms with van der Waals surface area (Å²) in [5.74, 6) is 0.477. The van der Waals surface area contributed by atoms with Crippen LogP contribution in [0.2, 0.25) is 0 Å². The van der Waals surface area contributed by atoms with Gasteiger partial charge in [0.2, 0.25) is 0 Å². The Kier molecular flexibility index (Phi) is 2.33. The van der Waals surface area contributed by atoms with Gasteiger partial charge in [-0.15, -0.1) is 0 Å². The molecule has 3 fully saturated rings. The van der Waals surface area contributed by atoms with Gasteiger partial charge in [0.05, 0.1) is 6.10 Å². The maximum absolute atomic E-state index is 11.5. The van der Waals surface area contributed by atoms with Crippen molar-refractivity contribution in [3.8, 4) is 0 Å². The molecular weight excluding hydrogens is 190 g/mol. The summed E-state index contributed by atoms with van der Waals surface area (Å²) in [5.41, 5.74) is 0. The number of ether oxygens (including phenoxy) is 1. The van der Waals surface area contributed by atoms with E-state index in [0.29, 0.717) is 30.0 Å². The van der Waals surface area contributed by atoms with Crippen LogP contribution in [0.5, 0.6) is 0 Å². The Balaban J connectivity index is 1.79. The first-order chi connectivity index (χ1) is 7.25. The molecule has 0 aliphatic carbocycles. The maximum atomic E-state index is 11.5. The highest BCUT2D eigenvalue weighted by Crippen LogP contribution is 2.38. The number of rotatable bonds is 1. The second-order valence-corrected chi connectivity index (χ2v) is 5.21. The molecule has 0 aromatic carbocycles. The van der Waals surface area contributed by atoms with Crippen molar-refractivity contribution in [1.82, 2.24) is 4.90 Å². The fraction of sp³-hybridized carbons (Fsp3) is 0.917. The lowest BCUT2D eigenvalue weighted by Crippen LogP contribution is -2.51. The van der Waals surface area contributed by atoms with Crippen LogP contribution in [-0.4, -0.2) is 41.5 Å². The number of fused-ring (bicyclic) bond motifs is 2. The van der Waals surface area contributed by atoms with Crippen LogP contribution in [-0.2, 0) is 9.53 Å². The largest absolute Gasteiger partial charge is 0.377 e. The monoisotopic (exact) mass is 209 g/mol. The second-order valence-electron chi connectivity index (χ2n) is 5.21. The number of piperidine rings is 1. The Bertz CT molecular complexity index is 263. The highest BCUT2D eigenvalue weighted by atomic mass is 16.5. The van der Waals surface area contributed by atoms with Crippen molar-refractivity contribution in [2.45, 2.75) is 63.3 Å². The molecular formula is C12H19NO2. The number of hydrogen-bond donors (Lipinski definition) is 0. The van der Waals surface area contributed by atoms with Crippen LogP contribution in [0.1, 0.15) is 39.0 Å². The van der Waals surface area contributed by atoms with Crippen LogP contribution in [0.3, 0.4) is 0 Å². The topological polar surface area (TPSA) is 29.5 Å². The van der Waals surface area contributed by atoms with Crippen LogP contribution in [0.15, 0.2) is 0 Å². The van der Waals surface area contributed by atoms with Gasteiger partial charge < -0.3 is 4.74 Å². The van der Waals surface area contributed by atoms with Gasteiger partial charge in [-0.25, -0.2) is 0 Å². The molecule has 15 heavy (non-hydrogen) atoms. The molecule has 3 rings (SSSR count). The fourth-order valence-electron chi connectivity index (χ4n) is 3.66. The molecule has 3 heteroatoms. The minimum atomic E-state index is 0.362. The lowest BCUT2D eigenvalue weighted by atomic mass is 9.97. The van der Waals surface area contributed by atoms with Gasteiger partial charge in [0.1, 0.15) is 5.78 Å². The minimum Gasteiger partial charge on any atom is -0.377 e. The molecule has 2 bridgehead atoms. The van der Waals surface area contributed by atoms with E-state index in [2.05, 4.69) is 11.8 Å². The Labute approximate surface area is 90.8 Å². The van der Waals surface area contributed by atoms with E-state index in [9.17, 15) is 4.79 Å². The third kappa shape index (κ3) is 1.53. The smallest absolute Gasteiger partial charge is 0.136 e. The number of nitrogens with zero attached hydrogens (tertiary/aromatic N) is 1. The summed E-state index contributed by atoms with van der Waals surface area (Å²) in [6, 6.07) is 1.64. The summed E-state index contributed by atoms with van der Waals surface area (Å²) in [6.45, 7) is 3.07. The maximum Gasteiger partial charge on any atom is 0.136 e. The first-order valence-corrected chi connectivity index (χ1v) is 6.16. The summed E-state index contributed by atoms with van der Waals surface area (Å²) in [6.07, 6.45) is 5.54. The van der Waals surface area contributed by atoms with Gasteiger partial charge in [0, 0.05) is 37.6 Å². The number of hydrogen-bond acceptors (Lipinski definition) is 3. The van der Waals surface area contributed by atoms with Crippen molar-refractivity contribution in [2.75, 3.05) is 6.61 Å². The molecule has 3 heterocycles. The average Bonchev–Trinajstić information content (AvgIpc) is 2.69. The van der Waals surface area contributed by atoms with Crippen LogP contribution in [0.25, 0.3) is 0 Å². The average molecular weight is 209 g/mol. The van der Waals surface area contributed by atoms with Crippen molar-refractivity contribution in [3.63, 3.8) is 0 Å². The van der Waals surface area contributed by atoms with E-state index in [4.69, 9.17) is 4.74 Å². The highest BCUT2D eigenvalue weighted by Gasteiger charge is 2.46. The Morgan fingerprint density at radius 3 is 2.40 bits per heavy atom. The van der Waals surface area contributed by atoms with E-state index in [1.807, 2.05) is 0 Å². The van der Waals surface area contributed by atoms with Crippen LogP contribution in [0, 0.1) is 0 Å². The standard InChI is InChI=1S/C12H19NO2/c1-8-12(4-5-15-8)13-9-2-3-10(13)7-11(14)6-9/h8-10,12H,2-7H2,1H3. The van der Waals surface area contributed by atoms with E-state index < -0.39 is 0 Å². The van der Waals surface area contributed by atoms with Crippen molar-refractivity contribution in [2.24, 2.45) is 0 Å². The van der Waals surface area contributed by atoms with Crippen LogP contribution >= 0.6 is 0 Å². The molecule has 0 amide bonds. The number of carbonyl (C=O) groups excluding carboxylic acids is 1. The van der Waals surface area contributed by atoms with E-state index in [1.165, 1.54) is 12.8 Å². The van der Waals surface area contributed by atoms with Gasteiger partial charge in [-0.05, 0) is 26.2 Å². The molecule has 3 aliphatic heterocycles. The van der Waals surface area contributed by atoms with Crippen molar-refractivity contribution in [1.29, 1.82) is 0 Å². The van der Waals surface area contributed by atoms with Gasteiger partial charge >= 0.3 is 0 Å². The predicted molar refractivity (Wildman–Crippen MR) is 56.7 cm³/mol. The third-order valence-corrected chi connectivity index (χ3v) is 4.32. The normalized spacial score (nSPS) is 46.3. The Morgan fingerprint density at radius 1 is 1.20 bits per heavy atom. The van der Waals surface area contributed by atoms with Crippen LogP contribution < -0.4 is 0 Å². The Morgan fingerprint density at radius 2 is 1.87 bits per heavy atom. The van der Waals surface area contributed by atoms with E-state index in [1.54, 1.807) is 0 Å². The molecule has 84 valence electrons. The quantitative estimate of drug-likeness (QED) is 0.653. The number of Topliss-reactive ketones (excluding diaryl/α,β-unsaturated/α-hetero) is 1. The molecule has 0 saturated carbocycles. The third-order valence-electron chi connectivity index (χ3n) is 4.32. The fourth-order valence-corrected chi connectivity index (χ4v) is 3.66. The summed E-state index contributed by atoms with van der Waals surface area (Å²) in [4.78, 5) is 14.1. The highest BCUT2D eigenvalue weighted by molar-refractivity contribution is 5.81. The number of carbonyl (C=O) groups is 1. The summed E-state index contributed by atoms with van der Waals surface area (Å²) < 4.78 is 5.64. The van der Waals surface area contributed by atoms with Gasteiger partial charge in [-0.2, -0.15) is 0 Å². The molecule has 0 radical (unpaired) electrons.